The van der Waals surface area contributed by atoms with E-state index in [2.05, 4.69) is 34.5 Å². The largest absolute Gasteiger partial charge is 0.505 e. The summed E-state index contributed by atoms with van der Waals surface area (Å²) in [6, 6.07) is 14.8. The van der Waals surface area contributed by atoms with E-state index in [1.54, 1.807) is 0 Å². The molecule has 3 rings (SSSR count). The van der Waals surface area contributed by atoms with Crippen LogP contribution in [0.2, 0.25) is 0 Å². The lowest BCUT2D eigenvalue weighted by Crippen LogP contribution is -2.41. The molecular formula is C24H32N2O3. The Morgan fingerprint density at radius 2 is 1.93 bits per heavy atom. The molecular weight excluding hydrogens is 364 g/mol. The maximum atomic E-state index is 12.2. The van der Waals surface area contributed by atoms with E-state index in [-0.39, 0.29) is 5.75 Å². The first-order valence-corrected chi connectivity index (χ1v) is 10.4. The van der Waals surface area contributed by atoms with Gasteiger partial charge in [-0.2, -0.15) is 0 Å². The molecule has 2 N–H and O–H groups in total. The first-order chi connectivity index (χ1) is 13.7. The predicted octanol–water partition coefficient (Wildman–Crippen LogP) is 5.65. The van der Waals surface area contributed by atoms with Crippen molar-refractivity contribution in [1.82, 2.24) is 0 Å². The second-order valence-electron chi connectivity index (χ2n) is 8.82. The Bertz CT molecular complexity index is 843. The molecule has 1 unspecified atom stereocenters. The first-order valence-electron chi connectivity index (χ1n) is 10.4. The minimum atomic E-state index is -0.597. The minimum absolute atomic E-state index is 0.0798. The average molecular weight is 397 g/mol. The van der Waals surface area contributed by atoms with Gasteiger partial charge in [0.15, 0.2) is 0 Å². The Labute approximate surface area is 173 Å². The zero-order chi connectivity index (χ0) is 21.0. The molecule has 2 aromatic carbocycles. The summed E-state index contributed by atoms with van der Waals surface area (Å²) in [5.41, 5.74) is 2.87. The van der Waals surface area contributed by atoms with Gasteiger partial charge in [-0.15, -0.1) is 0 Å². The van der Waals surface area contributed by atoms with Gasteiger partial charge in [0.2, 0.25) is 0 Å². The van der Waals surface area contributed by atoms with Crippen LogP contribution in [-0.4, -0.2) is 29.4 Å². The Morgan fingerprint density at radius 3 is 2.62 bits per heavy atom. The number of aryl methyl sites for hydroxylation is 1. The summed E-state index contributed by atoms with van der Waals surface area (Å²) in [6.45, 7) is 8.27. The monoisotopic (exact) mass is 396 g/mol. The Kier molecular flexibility index (Phi) is 6.36. The van der Waals surface area contributed by atoms with Crippen LogP contribution in [0.4, 0.5) is 16.2 Å². The molecule has 29 heavy (non-hydrogen) atoms. The molecule has 0 spiro atoms. The van der Waals surface area contributed by atoms with Crippen LogP contribution in [0.25, 0.3) is 0 Å². The normalized spacial score (nSPS) is 17.1. The minimum Gasteiger partial charge on any atom is -0.505 e. The molecule has 1 fully saturated rings. The summed E-state index contributed by atoms with van der Waals surface area (Å²) in [4.78, 5) is 14.6. The third-order valence-electron chi connectivity index (χ3n) is 5.19. The van der Waals surface area contributed by atoms with Crippen LogP contribution >= 0.6 is 0 Å². The van der Waals surface area contributed by atoms with Crippen molar-refractivity contribution in [1.29, 1.82) is 0 Å². The Morgan fingerprint density at radius 1 is 1.21 bits per heavy atom. The van der Waals surface area contributed by atoms with Gasteiger partial charge in [0.05, 0.1) is 5.69 Å². The summed E-state index contributed by atoms with van der Waals surface area (Å²) >= 11 is 0. The highest BCUT2D eigenvalue weighted by Crippen LogP contribution is 2.36. The van der Waals surface area contributed by atoms with Gasteiger partial charge in [0, 0.05) is 18.3 Å². The van der Waals surface area contributed by atoms with Gasteiger partial charge < -0.3 is 14.7 Å². The number of rotatable bonds is 4. The standard InChI is InChI=1S/C24H32N2O3/c1-17-14-20(16-21(22(17)27)25-23(28)29-24(2,3)4)26-13-9-8-12-19(26)15-18-10-6-5-7-11-18/h5-7,10-11,14,16,19,27H,8-9,12-13,15H2,1-4H3,(H,25,28). The van der Waals surface area contributed by atoms with Crippen LogP contribution < -0.4 is 10.2 Å². The molecule has 156 valence electrons. The zero-order valence-corrected chi connectivity index (χ0v) is 17.9. The van der Waals surface area contributed by atoms with Gasteiger partial charge in [-0.1, -0.05) is 30.3 Å². The Balaban J connectivity index is 1.84. The van der Waals surface area contributed by atoms with Crippen molar-refractivity contribution in [2.24, 2.45) is 0 Å². The van der Waals surface area contributed by atoms with Crippen LogP contribution in [0.1, 0.15) is 51.2 Å². The molecule has 0 saturated carbocycles. The highest BCUT2D eigenvalue weighted by atomic mass is 16.6. The van der Waals surface area contributed by atoms with Gasteiger partial charge >= 0.3 is 6.09 Å². The van der Waals surface area contributed by atoms with Crippen LogP contribution in [0, 0.1) is 6.92 Å². The van der Waals surface area contributed by atoms with Gasteiger partial charge in [0.1, 0.15) is 11.4 Å². The number of anilines is 2. The average Bonchev–Trinajstić information content (AvgIpc) is 2.65. The second kappa shape index (κ2) is 8.76. The summed E-state index contributed by atoms with van der Waals surface area (Å²) < 4.78 is 5.35. The molecule has 1 atom stereocenters. The number of ether oxygens (including phenoxy) is 1. The number of carbonyl (C=O) groups excluding carboxylic acids is 1. The third kappa shape index (κ3) is 5.66. The number of benzene rings is 2. The molecule has 1 saturated heterocycles. The van der Waals surface area contributed by atoms with Gasteiger partial charge in [-0.05, 0) is 76.6 Å². The molecule has 5 heteroatoms. The number of carbonyl (C=O) groups is 1. The highest BCUT2D eigenvalue weighted by molar-refractivity contribution is 5.88. The van der Waals surface area contributed by atoms with E-state index in [4.69, 9.17) is 4.74 Å². The zero-order valence-electron chi connectivity index (χ0n) is 17.9. The van der Waals surface area contributed by atoms with E-state index in [0.29, 0.717) is 11.7 Å². The molecule has 0 aromatic heterocycles. The van der Waals surface area contributed by atoms with E-state index in [1.807, 2.05) is 45.9 Å². The molecule has 1 aliphatic rings. The van der Waals surface area contributed by atoms with E-state index >= 15 is 0 Å². The highest BCUT2D eigenvalue weighted by Gasteiger charge is 2.25. The van der Waals surface area contributed by atoms with Crippen molar-refractivity contribution >= 4 is 17.5 Å². The summed E-state index contributed by atoms with van der Waals surface area (Å²) in [6.07, 6.45) is 3.90. The number of phenols is 1. The number of nitrogens with one attached hydrogen (secondary N) is 1. The Hall–Kier alpha value is -2.69. The van der Waals surface area contributed by atoms with E-state index in [1.165, 1.54) is 12.0 Å². The molecule has 1 amide bonds. The fraction of sp³-hybridized carbons (Fsp3) is 0.458. The SMILES string of the molecule is Cc1cc(N2CCCCC2Cc2ccccc2)cc(NC(=O)OC(C)(C)C)c1O. The van der Waals surface area contributed by atoms with Gasteiger partial charge in [-0.25, -0.2) is 4.79 Å². The lowest BCUT2D eigenvalue weighted by Gasteiger charge is -2.38. The number of aromatic hydroxyl groups is 1. The number of nitrogens with zero attached hydrogens (tertiary/aromatic N) is 1. The first kappa shape index (κ1) is 21.0. The molecule has 1 heterocycles. The molecule has 0 bridgehead atoms. The van der Waals surface area contributed by atoms with Crippen molar-refractivity contribution in [3.05, 3.63) is 53.6 Å². The quantitative estimate of drug-likeness (QED) is 0.656. The van der Waals surface area contributed by atoms with Crippen molar-refractivity contribution in [2.45, 2.75) is 65.0 Å². The smallest absolute Gasteiger partial charge is 0.412 e. The predicted molar refractivity (Wildman–Crippen MR) is 118 cm³/mol. The molecule has 2 aromatic rings. The third-order valence-corrected chi connectivity index (χ3v) is 5.19. The van der Waals surface area contributed by atoms with Gasteiger partial charge in [0.25, 0.3) is 0 Å². The second-order valence-corrected chi connectivity index (χ2v) is 8.82. The van der Waals surface area contributed by atoms with E-state index in [0.717, 1.165) is 37.1 Å². The van der Waals surface area contributed by atoms with Crippen LogP contribution in [-0.2, 0) is 11.2 Å². The number of amides is 1. The van der Waals surface area contributed by atoms with E-state index < -0.39 is 11.7 Å². The van der Waals surface area contributed by atoms with Crippen molar-refractivity contribution < 1.29 is 14.6 Å². The maximum Gasteiger partial charge on any atom is 0.412 e. The molecule has 0 aliphatic carbocycles. The molecule has 5 nitrogen and oxygen atoms in total. The lowest BCUT2D eigenvalue weighted by molar-refractivity contribution is 0.0635. The number of hydrogen-bond acceptors (Lipinski definition) is 4. The number of hydrogen-bond donors (Lipinski definition) is 2. The fourth-order valence-corrected chi connectivity index (χ4v) is 3.87. The summed E-state index contributed by atoms with van der Waals surface area (Å²) in [5.74, 6) is 0.0798. The fourth-order valence-electron chi connectivity index (χ4n) is 3.87. The van der Waals surface area contributed by atoms with Crippen LogP contribution in [0.15, 0.2) is 42.5 Å². The topological polar surface area (TPSA) is 61.8 Å². The van der Waals surface area contributed by atoms with Crippen molar-refractivity contribution in [3.8, 4) is 5.75 Å². The van der Waals surface area contributed by atoms with E-state index in [9.17, 15) is 9.90 Å². The molecule has 1 aliphatic heterocycles. The lowest BCUT2D eigenvalue weighted by atomic mass is 9.94. The molecule has 0 radical (unpaired) electrons. The van der Waals surface area contributed by atoms with Crippen molar-refractivity contribution in [2.75, 3.05) is 16.8 Å². The number of phenolic OH excluding ortho intramolecular Hbond substituents is 1. The van der Waals surface area contributed by atoms with Gasteiger partial charge in [-0.3, -0.25) is 5.32 Å². The van der Waals surface area contributed by atoms with Crippen LogP contribution in [0.3, 0.4) is 0 Å². The van der Waals surface area contributed by atoms with Crippen molar-refractivity contribution in [3.63, 3.8) is 0 Å². The maximum absolute atomic E-state index is 12.2. The number of piperidine rings is 1. The summed E-state index contributed by atoms with van der Waals surface area (Å²) in [5, 5.41) is 13.2. The summed E-state index contributed by atoms with van der Waals surface area (Å²) in [7, 11) is 0. The van der Waals surface area contributed by atoms with Crippen LogP contribution in [0.5, 0.6) is 5.75 Å².